The van der Waals surface area contributed by atoms with Gasteiger partial charge in [-0.3, -0.25) is 9.63 Å². The molecule has 0 fully saturated rings. The fourth-order valence-corrected chi connectivity index (χ4v) is 4.52. The number of fused-ring (bicyclic) bond motifs is 3. The van der Waals surface area contributed by atoms with Gasteiger partial charge in [0.2, 0.25) is 12.0 Å². The fraction of sp³-hybridized carbons (Fsp3) is 0.346. The molecular formula is C26H28N2O7. The summed E-state index contributed by atoms with van der Waals surface area (Å²) < 4.78 is 10.4. The molecule has 2 aromatic rings. The van der Waals surface area contributed by atoms with Crippen molar-refractivity contribution in [1.82, 2.24) is 10.8 Å². The molecule has 9 heteroatoms. The molecule has 0 aliphatic heterocycles. The van der Waals surface area contributed by atoms with Crippen molar-refractivity contribution < 1.29 is 33.8 Å². The summed E-state index contributed by atoms with van der Waals surface area (Å²) in [7, 11) is 1.34. The monoisotopic (exact) mass is 480 g/mol. The number of ether oxygens (including phenoxy) is 2. The van der Waals surface area contributed by atoms with E-state index in [1.807, 2.05) is 30.3 Å². The lowest BCUT2D eigenvalue weighted by molar-refractivity contribution is -0.166. The summed E-state index contributed by atoms with van der Waals surface area (Å²) in [6.07, 6.45) is 2.52. The van der Waals surface area contributed by atoms with Gasteiger partial charge in [-0.25, -0.2) is 15.1 Å². The lowest BCUT2D eigenvalue weighted by atomic mass is 9.90. The Morgan fingerprint density at radius 2 is 1.71 bits per heavy atom. The molecule has 35 heavy (non-hydrogen) atoms. The highest BCUT2D eigenvalue weighted by Gasteiger charge is 2.30. The van der Waals surface area contributed by atoms with Gasteiger partial charge in [-0.15, -0.1) is 0 Å². The molecule has 0 bridgehead atoms. The Morgan fingerprint density at radius 3 is 2.34 bits per heavy atom. The highest BCUT2D eigenvalue weighted by atomic mass is 16.7. The van der Waals surface area contributed by atoms with Gasteiger partial charge in [-0.1, -0.05) is 60.7 Å². The first-order chi connectivity index (χ1) is 17.0. The average Bonchev–Trinajstić information content (AvgIpc) is 3.19. The number of allylic oxidation sites excluding steroid dienone is 1. The highest BCUT2D eigenvalue weighted by molar-refractivity contribution is 5.80. The molecule has 0 heterocycles. The van der Waals surface area contributed by atoms with Crippen molar-refractivity contribution in [3.8, 4) is 11.1 Å². The number of rotatable bonds is 9. The van der Waals surface area contributed by atoms with Gasteiger partial charge < -0.3 is 19.9 Å². The topological polar surface area (TPSA) is 123 Å². The Balaban J connectivity index is 1.29. The highest BCUT2D eigenvalue weighted by Crippen LogP contribution is 2.44. The summed E-state index contributed by atoms with van der Waals surface area (Å²) in [6.45, 7) is -0.00370. The van der Waals surface area contributed by atoms with Gasteiger partial charge in [-0.05, 0) is 35.1 Å². The van der Waals surface area contributed by atoms with Crippen molar-refractivity contribution in [2.75, 3.05) is 20.3 Å². The van der Waals surface area contributed by atoms with E-state index >= 15 is 0 Å². The zero-order valence-electron chi connectivity index (χ0n) is 19.3. The van der Waals surface area contributed by atoms with E-state index < -0.39 is 36.0 Å². The van der Waals surface area contributed by atoms with Crippen LogP contribution in [0.25, 0.3) is 11.1 Å². The van der Waals surface area contributed by atoms with Crippen LogP contribution in [0.2, 0.25) is 0 Å². The van der Waals surface area contributed by atoms with E-state index in [1.54, 1.807) is 6.08 Å². The molecule has 3 unspecified atom stereocenters. The second kappa shape index (κ2) is 11.2. The Kier molecular flexibility index (Phi) is 7.79. The molecular weight excluding hydrogens is 452 g/mol. The first kappa shape index (κ1) is 24.4. The molecule has 3 atom stereocenters. The van der Waals surface area contributed by atoms with Crippen molar-refractivity contribution >= 4 is 18.0 Å². The number of hydroxylamine groups is 1. The number of carboxylic acid groups (broad SMARTS) is 1. The Bertz CT molecular complexity index is 1070. The Hall–Kier alpha value is -3.69. The first-order valence-corrected chi connectivity index (χ1v) is 11.4. The summed E-state index contributed by atoms with van der Waals surface area (Å²) in [5.74, 6) is -2.24. The van der Waals surface area contributed by atoms with Crippen LogP contribution in [-0.4, -0.2) is 55.5 Å². The predicted molar refractivity (Wildman–Crippen MR) is 126 cm³/mol. The number of alkyl carbamates (subject to hydrolysis) is 1. The molecule has 3 N–H and O–H groups in total. The van der Waals surface area contributed by atoms with Crippen molar-refractivity contribution in [1.29, 1.82) is 0 Å². The van der Waals surface area contributed by atoms with E-state index in [0.29, 0.717) is 12.8 Å². The summed E-state index contributed by atoms with van der Waals surface area (Å²) in [5.41, 5.74) is 6.76. The summed E-state index contributed by atoms with van der Waals surface area (Å²) >= 11 is 0. The number of benzene rings is 2. The minimum atomic E-state index is -1.31. The van der Waals surface area contributed by atoms with Crippen molar-refractivity contribution in [3.05, 3.63) is 71.8 Å². The number of aliphatic carboxylic acids is 1. The third-order valence-corrected chi connectivity index (χ3v) is 6.24. The van der Waals surface area contributed by atoms with Gasteiger partial charge in [0.25, 0.3) is 0 Å². The van der Waals surface area contributed by atoms with Crippen LogP contribution in [0.5, 0.6) is 0 Å². The van der Waals surface area contributed by atoms with Crippen LogP contribution in [0, 0.1) is 5.92 Å². The van der Waals surface area contributed by atoms with Crippen LogP contribution in [0.4, 0.5) is 4.79 Å². The number of hydrogen-bond acceptors (Lipinski definition) is 6. The largest absolute Gasteiger partial charge is 0.479 e. The number of amides is 2. The molecule has 184 valence electrons. The SMILES string of the molecule is COCC(ONC(=O)C1CC=CC(NC(=O)OCC2c3ccccc3-c3ccccc32)C1)C(=O)O. The second-order valence-corrected chi connectivity index (χ2v) is 8.54. The number of nitrogens with one attached hydrogen (secondary N) is 2. The Morgan fingerprint density at radius 1 is 1.06 bits per heavy atom. The zero-order valence-corrected chi connectivity index (χ0v) is 19.3. The van der Waals surface area contributed by atoms with Gasteiger partial charge in [-0.2, -0.15) is 0 Å². The van der Waals surface area contributed by atoms with Crippen LogP contribution in [0.1, 0.15) is 29.9 Å². The summed E-state index contributed by atoms with van der Waals surface area (Å²) in [4.78, 5) is 41.1. The Labute approximate surface area is 203 Å². The van der Waals surface area contributed by atoms with Crippen LogP contribution >= 0.6 is 0 Å². The number of hydrogen-bond donors (Lipinski definition) is 3. The lowest BCUT2D eigenvalue weighted by Gasteiger charge is -2.25. The molecule has 2 aliphatic rings. The molecule has 9 nitrogen and oxygen atoms in total. The minimum absolute atomic E-state index is 0.0417. The van der Waals surface area contributed by atoms with Crippen molar-refractivity contribution in [2.24, 2.45) is 5.92 Å². The summed E-state index contributed by atoms with van der Waals surface area (Å²) in [5, 5.41) is 11.9. The van der Waals surface area contributed by atoms with Crippen LogP contribution in [-0.2, 0) is 23.9 Å². The molecule has 4 rings (SSSR count). The molecule has 0 aromatic heterocycles. The molecule has 2 aliphatic carbocycles. The molecule has 0 saturated carbocycles. The lowest BCUT2D eigenvalue weighted by Crippen LogP contribution is -2.43. The smallest absolute Gasteiger partial charge is 0.407 e. The van der Waals surface area contributed by atoms with E-state index in [1.165, 1.54) is 7.11 Å². The van der Waals surface area contributed by atoms with E-state index in [4.69, 9.17) is 19.4 Å². The van der Waals surface area contributed by atoms with E-state index in [9.17, 15) is 14.4 Å². The standard InChI is InChI=1S/C26H28N2O7/c1-33-15-23(25(30)31)35-28-24(29)16-7-6-8-17(13-16)27-26(32)34-14-22-20-11-4-2-9-18(20)19-10-3-5-12-21(19)22/h2-6,8-12,16-17,22-23H,7,13-15H2,1H3,(H,27,32)(H,28,29)(H,30,31). The summed E-state index contributed by atoms with van der Waals surface area (Å²) in [6, 6.07) is 15.8. The van der Waals surface area contributed by atoms with Gasteiger partial charge in [0.1, 0.15) is 6.61 Å². The maximum Gasteiger partial charge on any atom is 0.407 e. The third-order valence-electron chi connectivity index (χ3n) is 6.24. The zero-order chi connectivity index (χ0) is 24.8. The van der Waals surface area contributed by atoms with Crippen molar-refractivity contribution in [3.63, 3.8) is 0 Å². The molecule has 0 spiro atoms. The fourth-order valence-electron chi connectivity index (χ4n) is 4.52. The first-order valence-electron chi connectivity index (χ1n) is 11.4. The van der Waals surface area contributed by atoms with Crippen LogP contribution < -0.4 is 10.8 Å². The quantitative estimate of drug-likeness (QED) is 0.372. The van der Waals surface area contributed by atoms with E-state index in [0.717, 1.165) is 22.3 Å². The molecule has 0 saturated heterocycles. The van der Waals surface area contributed by atoms with Gasteiger partial charge >= 0.3 is 12.1 Å². The second-order valence-electron chi connectivity index (χ2n) is 8.54. The molecule has 2 aromatic carbocycles. The van der Waals surface area contributed by atoms with Gasteiger partial charge in [0.05, 0.1) is 12.6 Å². The van der Waals surface area contributed by atoms with Crippen LogP contribution in [0.3, 0.4) is 0 Å². The van der Waals surface area contributed by atoms with E-state index in [2.05, 4.69) is 35.1 Å². The number of carbonyl (C=O) groups excluding carboxylic acids is 2. The molecule has 2 amide bonds. The number of carbonyl (C=O) groups is 3. The van der Waals surface area contributed by atoms with E-state index in [-0.39, 0.29) is 19.1 Å². The third kappa shape index (κ3) is 5.70. The molecule has 0 radical (unpaired) electrons. The van der Waals surface area contributed by atoms with Gasteiger partial charge in [0, 0.05) is 18.9 Å². The average molecular weight is 481 g/mol. The minimum Gasteiger partial charge on any atom is -0.479 e. The normalized spacial score (nSPS) is 19.3. The van der Waals surface area contributed by atoms with Gasteiger partial charge in [0.15, 0.2) is 0 Å². The van der Waals surface area contributed by atoms with Crippen molar-refractivity contribution in [2.45, 2.75) is 30.9 Å². The maximum atomic E-state index is 12.6. The maximum absolute atomic E-state index is 12.6. The number of methoxy groups -OCH3 is 1. The van der Waals surface area contributed by atoms with Crippen LogP contribution in [0.15, 0.2) is 60.7 Å². The number of carboxylic acids is 1. The predicted octanol–water partition coefficient (Wildman–Crippen LogP) is 3.01.